The molecular weight excluding hydrogens is 232 g/mol. The fourth-order valence-electron chi connectivity index (χ4n) is 3.18. The summed E-state index contributed by atoms with van der Waals surface area (Å²) in [4.78, 5) is 0. The van der Waals surface area contributed by atoms with E-state index < -0.39 is 0 Å². The van der Waals surface area contributed by atoms with E-state index in [1.54, 1.807) is 0 Å². The molecule has 1 unspecified atom stereocenters. The first-order valence-electron chi connectivity index (χ1n) is 7.30. The minimum Gasteiger partial charge on any atom is -0.347 e. The largest absolute Gasteiger partial charge is 0.347 e. The van der Waals surface area contributed by atoms with Crippen LogP contribution in [-0.4, -0.2) is 4.57 Å². The van der Waals surface area contributed by atoms with Gasteiger partial charge in [-0.2, -0.15) is 0 Å². The van der Waals surface area contributed by atoms with Crippen LogP contribution in [-0.2, 0) is 19.4 Å². The highest BCUT2D eigenvalue weighted by Crippen LogP contribution is 2.29. The van der Waals surface area contributed by atoms with E-state index in [9.17, 15) is 0 Å². The fourth-order valence-corrected chi connectivity index (χ4v) is 3.18. The zero-order valence-electron chi connectivity index (χ0n) is 11.6. The molecule has 1 aliphatic carbocycles. The molecule has 2 N–H and O–H groups in total. The molecule has 0 radical (unpaired) electrons. The summed E-state index contributed by atoms with van der Waals surface area (Å²) in [6, 6.07) is 11.2. The summed E-state index contributed by atoms with van der Waals surface area (Å²) in [6.07, 6.45) is 6.82. The lowest BCUT2D eigenvalue weighted by Crippen LogP contribution is -2.18. The second-order valence-corrected chi connectivity index (χ2v) is 5.47. The third-order valence-corrected chi connectivity index (χ3v) is 4.28. The van der Waals surface area contributed by atoms with E-state index in [0.29, 0.717) is 0 Å². The molecule has 19 heavy (non-hydrogen) atoms. The molecule has 0 bridgehead atoms. The van der Waals surface area contributed by atoms with Gasteiger partial charge in [-0.3, -0.25) is 0 Å². The Morgan fingerprint density at radius 1 is 1.21 bits per heavy atom. The summed E-state index contributed by atoms with van der Waals surface area (Å²) in [5.41, 5.74) is 11.9. The van der Waals surface area contributed by atoms with E-state index in [1.807, 2.05) is 0 Å². The van der Waals surface area contributed by atoms with Gasteiger partial charge in [-0.1, -0.05) is 31.2 Å². The molecule has 1 atom stereocenters. The van der Waals surface area contributed by atoms with E-state index in [4.69, 9.17) is 5.73 Å². The standard InChI is InChI=1S/C17H22N2/c1-2-13-6-3-4-7-14(13)12-19-11-10-15-16(18)8-5-9-17(15)19/h3-4,6-7,10-11,16H,2,5,8-9,12,18H2,1H3. The van der Waals surface area contributed by atoms with Crippen molar-refractivity contribution in [1.82, 2.24) is 4.57 Å². The van der Waals surface area contributed by atoms with Gasteiger partial charge in [0, 0.05) is 24.5 Å². The quantitative estimate of drug-likeness (QED) is 0.893. The van der Waals surface area contributed by atoms with Gasteiger partial charge < -0.3 is 10.3 Å². The normalized spacial score (nSPS) is 18.3. The molecule has 1 aromatic carbocycles. The number of fused-ring (bicyclic) bond motifs is 1. The van der Waals surface area contributed by atoms with Crippen LogP contribution < -0.4 is 5.73 Å². The van der Waals surface area contributed by atoms with E-state index in [-0.39, 0.29) is 6.04 Å². The minimum absolute atomic E-state index is 0.242. The molecule has 1 aliphatic rings. The maximum atomic E-state index is 6.20. The number of hydrogen-bond donors (Lipinski definition) is 1. The predicted molar refractivity (Wildman–Crippen MR) is 79.2 cm³/mol. The summed E-state index contributed by atoms with van der Waals surface area (Å²) in [5, 5.41) is 0. The monoisotopic (exact) mass is 254 g/mol. The number of nitrogens with two attached hydrogens (primary N) is 1. The molecule has 0 amide bonds. The molecule has 0 saturated heterocycles. The lowest BCUT2D eigenvalue weighted by atomic mass is 9.93. The van der Waals surface area contributed by atoms with Crippen molar-refractivity contribution in [3.63, 3.8) is 0 Å². The minimum atomic E-state index is 0.242. The van der Waals surface area contributed by atoms with Gasteiger partial charge in [0.05, 0.1) is 0 Å². The van der Waals surface area contributed by atoms with Gasteiger partial charge in [0.15, 0.2) is 0 Å². The molecule has 1 heterocycles. The zero-order valence-corrected chi connectivity index (χ0v) is 11.6. The summed E-state index contributed by atoms with van der Waals surface area (Å²) in [5.74, 6) is 0. The Labute approximate surface area is 115 Å². The maximum absolute atomic E-state index is 6.20. The predicted octanol–water partition coefficient (Wildman–Crippen LogP) is 3.43. The molecule has 0 fully saturated rings. The molecule has 100 valence electrons. The lowest BCUT2D eigenvalue weighted by Gasteiger charge is -2.21. The Balaban J connectivity index is 1.92. The van der Waals surface area contributed by atoms with Gasteiger partial charge in [-0.05, 0) is 48.4 Å². The average Bonchev–Trinajstić information content (AvgIpc) is 2.84. The van der Waals surface area contributed by atoms with Crippen molar-refractivity contribution in [2.24, 2.45) is 5.73 Å². The van der Waals surface area contributed by atoms with Gasteiger partial charge in [0.25, 0.3) is 0 Å². The number of nitrogens with zero attached hydrogens (tertiary/aromatic N) is 1. The van der Waals surface area contributed by atoms with Gasteiger partial charge in [0.1, 0.15) is 0 Å². The van der Waals surface area contributed by atoms with Crippen molar-refractivity contribution in [3.05, 3.63) is 58.9 Å². The van der Waals surface area contributed by atoms with Gasteiger partial charge in [-0.15, -0.1) is 0 Å². The molecule has 2 aromatic rings. The SMILES string of the molecule is CCc1ccccc1Cn1ccc2c1CCCC2N. The van der Waals surface area contributed by atoms with Crippen LogP contribution in [0.3, 0.4) is 0 Å². The fraction of sp³-hybridized carbons (Fsp3) is 0.412. The smallest absolute Gasteiger partial charge is 0.0475 e. The highest BCUT2D eigenvalue weighted by Gasteiger charge is 2.20. The Morgan fingerprint density at radius 2 is 2.00 bits per heavy atom. The highest BCUT2D eigenvalue weighted by atomic mass is 15.0. The first-order chi connectivity index (χ1) is 9.29. The molecule has 2 nitrogen and oxygen atoms in total. The van der Waals surface area contributed by atoms with Gasteiger partial charge in [0.2, 0.25) is 0 Å². The second-order valence-electron chi connectivity index (χ2n) is 5.47. The van der Waals surface area contributed by atoms with Crippen LogP contribution in [0.15, 0.2) is 36.5 Å². The Hall–Kier alpha value is -1.54. The van der Waals surface area contributed by atoms with Crippen molar-refractivity contribution in [3.8, 4) is 0 Å². The van der Waals surface area contributed by atoms with Gasteiger partial charge >= 0.3 is 0 Å². The average molecular weight is 254 g/mol. The summed E-state index contributed by atoms with van der Waals surface area (Å²) in [7, 11) is 0. The van der Waals surface area contributed by atoms with Crippen molar-refractivity contribution in [1.29, 1.82) is 0 Å². The third kappa shape index (κ3) is 2.33. The van der Waals surface area contributed by atoms with Crippen LogP contribution in [0.5, 0.6) is 0 Å². The molecular formula is C17H22N2. The molecule has 1 aromatic heterocycles. The Bertz CT molecular complexity index is 568. The summed E-state index contributed by atoms with van der Waals surface area (Å²) >= 11 is 0. The Morgan fingerprint density at radius 3 is 2.79 bits per heavy atom. The highest BCUT2D eigenvalue weighted by molar-refractivity contribution is 5.32. The number of aryl methyl sites for hydroxylation is 1. The summed E-state index contributed by atoms with van der Waals surface area (Å²) in [6.45, 7) is 3.20. The molecule has 2 heteroatoms. The first-order valence-corrected chi connectivity index (χ1v) is 7.30. The molecule has 0 aliphatic heterocycles. The van der Waals surface area contributed by atoms with Crippen molar-refractivity contribution < 1.29 is 0 Å². The molecule has 0 saturated carbocycles. The zero-order chi connectivity index (χ0) is 13.2. The third-order valence-electron chi connectivity index (χ3n) is 4.28. The maximum Gasteiger partial charge on any atom is 0.0475 e. The topological polar surface area (TPSA) is 30.9 Å². The number of rotatable bonds is 3. The van der Waals surface area contributed by atoms with Crippen LogP contribution in [0, 0.1) is 0 Å². The van der Waals surface area contributed by atoms with Gasteiger partial charge in [-0.25, -0.2) is 0 Å². The number of aromatic nitrogens is 1. The second kappa shape index (κ2) is 5.22. The summed E-state index contributed by atoms with van der Waals surface area (Å²) < 4.78 is 2.39. The van der Waals surface area contributed by atoms with Crippen LogP contribution in [0.1, 0.15) is 48.2 Å². The van der Waals surface area contributed by atoms with Crippen LogP contribution in [0.2, 0.25) is 0 Å². The van der Waals surface area contributed by atoms with Crippen molar-refractivity contribution >= 4 is 0 Å². The van der Waals surface area contributed by atoms with Crippen molar-refractivity contribution in [2.75, 3.05) is 0 Å². The number of benzene rings is 1. The first kappa shape index (κ1) is 12.5. The Kier molecular flexibility index (Phi) is 3.43. The van der Waals surface area contributed by atoms with E-state index in [2.05, 4.69) is 48.0 Å². The van der Waals surface area contributed by atoms with Crippen LogP contribution >= 0.6 is 0 Å². The van der Waals surface area contributed by atoms with Crippen LogP contribution in [0.4, 0.5) is 0 Å². The molecule has 0 spiro atoms. The van der Waals surface area contributed by atoms with E-state index in [0.717, 1.165) is 19.4 Å². The van der Waals surface area contributed by atoms with E-state index >= 15 is 0 Å². The van der Waals surface area contributed by atoms with E-state index in [1.165, 1.54) is 35.2 Å². The number of hydrogen-bond acceptors (Lipinski definition) is 1. The van der Waals surface area contributed by atoms with Crippen LogP contribution in [0.25, 0.3) is 0 Å². The lowest BCUT2D eigenvalue weighted by molar-refractivity contribution is 0.547. The molecule has 3 rings (SSSR count). The van der Waals surface area contributed by atoms with Crippen molar-refractivity contribution in [2.45, 2.75) is 45.2 Å².